The molecular formula is C23H21F6N3O2S. The second-order valence-electron chi connectivity index (χ2n) is 8.33. The van der Waals surface area contributed by atoms with E-state index in [1.807, 2.05) is 6.07 Å². The normalized spacial score (nSPS) is 18.1. The molecule has 0 aromatic heterocycles. The molecule has 3 amide bonds. The Hall–Kier alpha value is -2.89. The second-order valence-corrected chi connectivity index (χ2v) is 9.79. The quantitative estimate of drug-likeness (QED) is 0.502. The average Bonchev–Trinajstić information content (AvgIpc) is 3.21. The van der Waals surface area contributed by atoms with Crippen LogP contribution < -0.4 is 5.32 Å². The lowest BCUT2D eigenvalue weighted by atomic mass is 10.0. The van der Waals surface area contributed by atoms with Gasteiger partial charge >= 0.3 is 18.4 Å². The highest BCUT2D eigenvalue weighted by Gasteiger charge is 2.47. The molecule has 0 aliphatic carbocycles. The fourth-order valence-electron chi connectivity index (χ4n) is 4.33. The van der Waals surface area contributed by atoms with Crippen LogP contribution in [-0.2, 0) is 12.4 Å². The number of carbonyl (C=O) groups excluding carboxylic acids is 2. The second kappa shape index (κ2) is 9.29. The molecule has 0 saturated carbocycles. The Kier molecular flexibility index (Phi) is 6.69. The summed E-state index contributed by atoms with van der Waals surface area (Å²) in [5.41, 5.74) is -3.04. The van der Waals surface area contributed by atoms with Crippen molar-refractivity contribution in [3.63, 3.8) is 0 Å². The van der Waals surface area contributed by atoms with E-state index in [9.17, 15) is 35.9 Å². The van der Waals surface area contributed by atoms with E-state index in [1.165, 1.54) is 4.90 Å². The van der Waals surface area contributed by atoms with Crippen LogP contribution in [0, 0.1) is 0 Å². The Balaban J connectivity index is 1.46. The molecule has 2 aliphatic heterocycles. The number of carbonyl (C=O) groups is 2. The predicted molar refractivity (Wildman–Crippen MR) is 119 cm³/mol. The van der Waals surface area contributed by atoms with Crippen molar-refractivity contribution in [3.8, 4) is 0 Å². The van der Waals surface area contributed by atoms with Crippen molar-refractivity contribution in [3.05, 3.63) is 65.2 Å². The van der Waals surface area contributed by atoms with Crippen molar-refractivity contribution in [1.29, 1.82) is 0 Å². The van der Waals surface area contributed by atoms with Crippen LogP contribution in [0.4, 0.5) is 36.8 Å². The first-order chi connectivity index (χ1) is 16.4. The minimum Gasteiger partial charge on any atom is -0.324 e. The Morgan fingerprint density at radius 1 is 0.857 bits per heavy atom. The Bertz CT molecular complexity index is 1070. The largest absolute Gasteiger partial charge is 0.416 e. The topological polar surface area (TPSA) is 52.7 Å². The number of piperidine rings is 1. The van der Waals surface area contributed by atoms with Crippen LogP contribution in [0.5, 0.6) is 0 Å². The van der Waals surface area contributed by atoms with E-state index in [4.69, 9.17) is 0 Å². The van der Waals surface area contributed by atoms with Crippen LogP contribution in [0.1, 0.15) is 34.3 Å². The summed E-state index contributed by atoms with van der Waals surface area (Å²) < 4.78 is 78.6. The SMILES string of the molecule is O=C(Nc1cc(C(F)(F)F)cc(C(F)(F)F)c1)N1CCC2(CC1)SCCN2C(=O)c1ccccc1. The number of alkyl halides is 6. The van der Waals surface area contributed by atoms with Crippen LogP contribution >= 0.6 is 11.8 Å². The van der Waals surface area contributed by atoms with Gasteiger partial charge in [0, 0.05) is 36.6 Å². The van der Waals surface area contributed by atoms with Gasteiger partial charge in [-0.05, 0) is 43.2 Å². The average molecular weight is 517 g/mol. The smallest absolute Gasteiger partial charge is 0.324 e. The Labute approximate surface area is 201 Å². The molecule has 1 spiro atoms. The highest BCUT2D eigenvalue weighted by molar-refractivity contribution is 8.00. The molecule has 1 N–H and O–H groups in total. The predicted octanol–water partition coefficient (Wildman–Crippen LogP) is 5.94. The molecule has 4 rings (SSSR count). The number of hydrogen-bond acceptors (Lipinski definition) is 3. The summed E-state index contributed by atoms with van der Waals surface area (Å²) >= 11 is 1.62. The highest BCUT2D eigenvalue weighted by Crippen LogP contribution is 2.45. The molecule has 2 aromatic rings. The standard InChI is InChI=1S/C23H21F6N3O2S/c24-22(25,26)16-12-17(23(27,28)29)14-18(13-16)30-20(34)31-8-6-21(7-9-31)32(10-11-35-21)19(33)15-4-2-1-3-5-15/h1-5,12-14H,6-11H2,(H,30,34). The zero-order valence-electron chi connectivity index (χ0n) is 18.2. The molecule has 2 fully saturated rings. The van der Waals surface area contributed by atoms with Gasteiger partial charge in [0.05, 0.1) is 16.0 Å². The molecule has 0 bridgehead atoms. The van der Waals surface area contributed by atoms with Crippen LogP contribution in [0.2, 0.25) is 0 Å². The summed E-state index contributed by atoms with van der Waals surface area (Å²) in [6.07, 6.45) is -9.15. The zero-order valence-corrected chi connectivity index (χ0v) is 19.1. The number of likely N-dealkylation sites (tertiary alicyclic amines) is 1. The molecule has 0 radical (unpaired) electrons. The van der Waals surface area contributed by atoms with Gasteiger partial charge in [0.25, 0.3) is 5.91 Å². The number of benzene rings is 2. The molecule has 2 aliphatic rings. The zero-order chi connectivity index (χ0) is 25.4. The van der Waals surface area contributed by atoms with Gasteiger partial charge in [-0.15, -0.1) is 11.8 Å². The lowest BCUT2D eigenvalue weighted by Gasteiger charge is -2.44. The number of anilines is 1. The number of rotatable bonds is 2. The van der Waals surface area contributed by atoms with E-state index < -0.39 is 40.1 Å². The molecule has 0 atom stereocenters. The van der Waals surface area contributed by atoms with Crippen LogP contribution in [0.25, 0.3) is 0 Å². The van der Waals surface area contributed by atoms with E-state index in [-0.39, 0.29) is 25.1 Å². The van der Waals surface area contributed by atoms with Crippen molar-refractivity contribution in [1.82, 2.24) is 9.80 Å². The summed E-state index contributed by atoms with van der Waals surface area (Å²) in [6.45, 7) is 0.944. The van der Waals surface area contributed by atoms with Gasteiger partial charge in [-0.1, -0.05) is 18.2 Å². The highest BCUT2D eigenvalue weighted by atomic mass is 32.2. The summed E-state index contributed by atoms with van der Waals surface area (Å²) in [4.78, 5) is 28.4. The first-order valence-electron chi connectivity index (χ1n) is 10.8. The van der Waals surface area contributed by atoms with Crippen molar-refractivity contribution >= 4 is 29.4 Å². The van der Waals surface area contributed by atoms with Crippen LogP contribution in [0.15, 0.2) is 48.5 Å². The maximum absolute atomic E-state index is 13.1. The maximum Gasteiger partial charge on any atom is 0.416 e. The van der Waals surface area contributed by atoms with E-state index in [0.717, 1.165) is 5.75 Å². The minimum absolute atomic E-state index is 0.00988. The van der Waals surface area contributed by atoms with Gasteiger partial charge in [-0.25, -0.2) is 4.79 Å². The summed E-state index contributed by atoms with van der Waals surface area (Å²) in [5.74, 6) is 0.618. The first-order valence-corrected chi connectivity index (χ1v) is 11.7. The number of halogens is 6. The van der Waals surface area contributed by atoms with Gasteiger partial charge in [-0.3, -0.25) is 4.79 Å². The molecule has 188 valence electrons. The monoisotopic (exact) mass is 517 g/mol. The number of nitrogens with one attached hydrogen (secondary N) is 1. The van der Waals surface area contributed by atoms with Crippen molar-refractivity contribution < 1.29 is 35.9 Å². The van der Waals surface area contributed by atoms with E-state index in [1.54, 1.807) is 40.9 Å². The summed E-state index contributed by atoms with van der Waals surface area (Å²) in [6, 6.07) is 8.98. The number of urea groups is 1. The number of hydrogen-bond donors (Lipinski definition) is 1. The van der Waals surface area contributed by atoms with Gasteiger partial charge in [0.1, 0.15) is 0 Å². The lowest BCUT2D eigenvalue weighted by molar-refractivity contribution is -0.143. The molecule has 2 aromatic carbocycles. The maximum atomic E-state index is 13.1. The third-order valence-corrected chi connectivity index (χ3v) is 7.67. The Morgan fingerprint density at radius 2 is 1.43 bits per heavy atom. The molecular weight excluding hydrogens is 496 g/mol. The van der Waals surface area contributed by atoms with Gasteiger partial charge in [0.2, 0.25) is 0 Å². The number of thioether (sulfide) groups is 1. The van der Waals surface area contributed by atoms with Crippen molar-refractivity contribution in [2.75, 3.05) is 30.7 Å². The summed E-state index contributed by atoms with van der Waals surface area (Å²) in [7, 11) is 0. The van der Waals surface area contributed by atoms with E-state index in [2.05, 4.69) is 5.32 Å². The van der Waals surface area contributed by atoms with Crippen molar-refractivity contribution in [2.45, 2.75) is 30.1 Å². The van der Waals surface area contributed by atoms with Crippen LogP contribution in [0.3, 0.4) is 0 Å². The van der Waals surface area contributed by atoms with E-state index >= 15 is 0 Å². The third-order valence-electron chi connectivity index (χ3n) is 6.11. The molecule has 12 heteroatoms. The van der Waals surface area contributed by atoms with E-state index in [0.29, 0.717) is 37.1 Å². The Morgan fingerprint density at radius 3 is 1.97 bits per heavy atom. The number of nitrogens with zero attached hydrogens (tertiary/aromatic N) is 2. The molecule has 2 saturated heterocycles. The van der Waals surface area contributed by atoms with Crippen LogP contribution in [-0.4, -0.2) is 52.0 Å². The third kappa shape index (κ3) is 5.36. The lowest BCUT2D eigenvalue weighted by Crippen LogP contribution is -2.54. The fraction of sp³-hybridized carbons (Fsp3) is 0.391. The molecule has 5 nitrogen and oxygen atoms in total. The summed E-state index contributed by atoms with van der Waals surface area (Å²) in [5, 5.41) is 2.18. The van der Waals surface area contributed by atoms with Gasteiger partial charge in [0.15, 0.2) is 0 Å². The van der Waals surface area contributed by atoms with Gasteiger partial charge < -0.3 is 15.1 Å². The number of amides is 3. The molecule has 2 heterocycles. The molecule has 35 heavy (non-hydrogen) atoms. The fourth-order valence-corrected chi connectivity index (χ4v) is 5.79. The minimum atomic E-state index is -5.01. The van der Waals surface area contributed by atoms with Crippen molar-refractivity contribution in [2.24, 2.45) is 0 Å². The first kappa shape index (κ1) is 25.2. The molecule has 0 unspecified atom stereocenters. The van der Waals surface area contributed by atoms with Gasteiger partial charge in [-0.2, -0.15) is 26.3 Å².